The number of aromatic nitrogens is 2. The van der Waals surface area contributed by atoms with E-state index in [1.807, 2.05) is 13.8 Å². The molecule has 0 aliphatic heterocycles. The molecule has 1 aliphatic carbocycles. The predicted octanol–water partition coefficient (Wildman–Crippen LogP) is 2.12. The van der Waals surface area contributed by atoms with E-state index in [0.29, 0.717) is 6.54 Å². The Morgan fingerprint density at radius 3 is 3.10 bits per heavy atom. The molecule has 106 valence electrons. The molecule has 1 unspecified atom stereocenters. The van der Waals surface area contributed by atoms with Crippen LogP contribution in [-0.4, -0.2) is 28.5 Å². The number of nitrogens with one attached hydrogen (secondary N) is 2. The predicted molar refractivity (Wildman–Crippen MR) is 81.2 cm³/mol. The Morgan fingerprint density at radius 1 is 1.45 bits per heavy atom. The lowest BCUT2D eigenvalue weighted by molar-refractivity contribution is -0.121. The molecule has 1 aliphatic rings. The third-order valence-electron chi connectivity index (χ3n) is 3.60. The number of nitrogens with zero attached hydrogens (tertiary/aromatic N) is 2. The van der Waals surface area contributed by atoms with Crippen molar-refractivity contribution in [1.82, 2.24) is 15.3 Å². The molecule has 2 aromatic heterocycles. The van der Waals surface area contributed by atoms with Gasteiger partial charge in [0.05, 0.1) is 5.39 Å². The summed E-state index contributed by atoms with van der Waals surface area (Å²) in [5.41, 5.74) is 1.37. The fourth-order valence-electron chi connectivity index (χ4n) is 2.64. The second-order valence-electron chi connectivity index (χ2n) is 5.02. The fraction of sp³-hybridized carbons (Fsp3) is 0.500. The van der Waals surface area contributed by atoms with Crippen molar-refractivity contribution in [2.75, 3.05) is 11.9 Å². The monoisotopic (exact) mass is 290 g/mol. The van der Waals surface area contributed by atoms with Crippen molar-refractivity contribution < 1.29 is 4.79 Å². The lowest BCUT2D eigenvalue weighted by Crippen LogP contribution is -2.37. The largest absolute Gasteiger partial charge is 0.358 e. The molecule has 1 amide bonds. The zero-order valence-electron chi connectivity index (χ0n) is 11.7. The SMILES string of the molecule is CCNC(=O)C(C)Nc1ncnc2sc3c(c12)CCC3. The van der Waals surface area contributed by atoms with E-state index >= 15 is 0 Å². The van der Waals surface area contributed by atoms with Crippen molar-refractivity contribution in [3.8, 4) is 0 Å². The summed E-state index contributed by atoms with van der Waals surface area (Å²) in [6.07, 6.45) is 5.01. The van der Waals surface area contributed by atoms with Gasteiger partial charge in [-0.1, -0.05) is 0 Å². The van der Waals surface area contributed by atoms with E-state index in [1.165, 1.54) is 16.9 Å². The van der Waals surface area contributed by atoms with Crippen molar-refractivity contribution in [2.24, 2.45) is 0 Å². The zero-order valence-corrected chi connectivity index (χ0v) is 12.5. The Morgan fingerprint density at radius 2 is 2.30 bits per heavy atom. The molecule has 5 nitrogen and oxygen atoms in total. The molecular weight excluding hydrogens is 272 g/mol. The van der Waals surface area contributed by atoms with Gasteiger partial charge in [0.25, 0.3) is 0 Å². The van der Waals surface area contributed by atoms with Gasteiger partial charge in [-0.25, -0.2) is 9.97 Å². The standard InChI is InChI=1S/C14H18N4OS/c1-3-15-13(19)8(2)18-12-11-9-5-4-6-10(9)20-14(11)17-7-16-12/h7-8H,3-6H2,1-2H3,(H,15,19)(H,16,17,18). The number of aryl methyl sites for hydroxylation is 2. The van der Waals surface area contributed by atoms with Gasteiger partial charge in [0, 0.05) is 11.4 Å². The summed E-state index contributed by atoms with van der Waals surface area (Å²) in [6.45, 7) is 4.41. The fourth-order valence-corrected chi connectivity index (χ4v) is 3.86. The average molecular weight is 290 g/mol. The first-order valence-corrected chi connectivity index (χ1v) is 7.81. The van der Waals surface area contributed by atoms with Gasteiger partial charge in [-0.15, -0.1) is 11.3 Å². The zero-order chi connectivity index (χ0) is 14.1. The summed E-state index contributed by atoms with van der Waals surface area (Å²) in [4.78, 5) is 23.0. The number of carbonyl (C=O) groups excluding carboxylic acids is 1. The molecule has 0 aromatic carbocycles. The highest BCUT2D eigenvalue weighted by atomic mass is 32.1. The van der Waals surface area contributed by atoms with Gasteiger partial charge in [0.2, 0.25) is 5.91 Å². The molecule has 2 heterocycles. The molecule has 0 fully saturated rings. The van der Waals surface area contributed by atoms with Crippen LogP contribution in [0.3, 0.4) is 0 Å². The van der Waals surface area contributed by atoms with E-state index in [0.717, 1.165) is 28.9 Å². The third kappa shape index (κ3) is 2.24. The lowest BCUT2D eigenvalue weighted by Gasteiger charge is -2.14. The normalized spacial score (nSPS) is 15.1. The summed E-state index contributed by atoms with van der Waals surface area (Å²) in [5.74, 6) is 0.777. The minimum Gasteiger partial charge on any atom is -0.358 e. The van der Waals surface area contributed by atoms with Gasteiger partial charge in [-0.2, -0.15) is 0 Å². The number of likely N-dealkylation sites (N-methyl/N-ethyl adjacent to an activating group) is 1. The van der Waals surface area contributed by atoms with Gasteiger partial charge >= 0.3 is 0 Å². The number of hydrogen-bond donors (Lipinski definition) is 2. The highest BCUT2D eigenvalue weighted by molar-refractivity contribution is 7.19. The summed E-state index contributed by atoms with van der Waals surface area (Å²) in [7, 11) is 0. The minimum atomic E-state index is -0.301. The summed E-state index contributed by atoms with van der Waals surface area (Å²) in [6, 6.07) is -0.301. The van der Waals surface area contributed by atoms with Crippen LogP contribution in [0.4, 0.5) is 5.82 Å². The van der Waals surface area contributed by atoms with E-state index < -0.39 is 0 Å². The quantitative estimate of drug-likeness (QED) is 0.905. The second-order valence-corrected chi connectivity index (χ2v) is 6.10. The Bertz CT molecular complexity index is 652. The highest BCUT2D eigenvalue weighted by Crippen LogP contribution is 2.39. The molecule has 0 saturated carbocycles. The summed E-state index contributed by atoms with van der Waals surface area (Å²) < 4.78 is 0. The van der Waals surface area contributed by atoms with Gasteiger partial charge in [0.15, 0.2) is 0 Å². The van der Waals surface area contributed by atoms with Crippen LogP contribution in [-0.2, 0) is 17.6 Å². The van der Waals surface area contributed by atoms with E-state index in [4.69, 9.17) is 0 Å². The topological polar surface area (TPSA) is 66.9 Å². The van der Waals surface area contributed by atoms with Crippen LogP contribution in [0, 0.1) is 0 Å². The number of hydrogen-bond acceptors (Lipinski definition) is 5. The number of amides is 1. The Labute approximate surface area is 121 Å². The maximum atomic E-state index is 11.8. The molecular formula is C14H18N4OS. The molecule has 0 bridgehead atoms. The molecule has 0 spiro atoms. The van der Waals surface area contributed by atoms with Crippen LogP contribution in [0.15, 0.2) is 6.33 Å². The lowest BCUT2D eigenvalue weighted by atomic mass is 10.2. The number of carbonyl (C=O) groups is 1. The highest BCUT2D eigenvalue weighted by Gasteiger charge is 2.22. The van der Waals surface area contributed by atoms with E-state index in [-0.39, 0.29) is 11.9 Å². The van der Waals surface area contributed by atoms with Crippen molar-refractivity contribution in [1.29, 1.82) is 0 Å². The van der Waals surface area contributed by atoms with Crippen LogP contribution >= 0.6 is 11.3 Å². The van der Waals surface area contributed by atoms with Crippen LogP contribution in [0.5, 0.6) is 0 Å². The molecule has 6 heteroatoms. The first-order chi connectivity index (χ1) is 9.70. The first-order valence-electron chi connectivity index (χ1n) is 7.00. The smallest absolute Gasteiger partial charge is 0.242 e. The van der Waals surface area contributed by atoms with Gasteiger partial charge in [-0.3, -0.25) is 4.79 Å². The van der Waals surface area contributed by atoms with Crippen molar-refractivity contribution >= 4 is 33.3 Å². The molecule has 20 heavy (non-hydrogen) atoms. The van der Waals surface area contributed by atoms with Crippen LogP contribution in [0.25, 0.3) is 10.2 Å². The van der Waals surface area contributed by atoms with E-state index in [9.17, 15) is 4.79 Å². The molecule has 1 atom stereocenters. The number of thiophene rings is 1. The van der Waals surface area contributed by atoms with Crippen molar-refractivity contribution in [2.45, 2.75) is 39.2 Å². The van der Waals surface area contributed by atoms with E-state index in [1.54, 1.807) is 17.7 Å². The van der Waals surface area contributed by atoms with E-state index in [2.05, 4.69) is 20.6 Å². The minimum absolute atomic E-state index is 0.00821. The molecule has 0 radical (unpaired) electrons. The summed E-state index contributed by atoms with van der Waals surface area (Å²) >= 11 is 1.75. The first kappa shape index (κ1) is 13.3. The van der Waals surface area contributed by atoms with Crippen molar-refractivity contribution in [3.05, 3.63) is 16.8 Å². The van der Waals surface area contributed by atoms with Crippen molar-refractivity contribution in [3.63, 3.8) is 0 Å². The maximum absolute atomic E-state index is 11.8. The molecule has 0 saturated heterocycles. The third-order valence-corrected chi connectivity index (χ3v) is 4.80. The summed E-state index contributed by atoms with van der Waals surface area (Å²) in [5, 5.41) is 7.16. The molecule has 2 aromatic rings. The Hall–Kier alpha value is -1.69. The molecule has 2 N–H and O–H groups in total. The van der Waals surface area contributed by atoms with Crippen LogP contribution in [0.1, 0.15) is 30.7 Å². The van der Waals surface area contributed by atoms with Crippen LogP contribution < -0.4 is 10.6 Å². The number of rotatable bonds is 4. The van der Waals surface area contributed by atoms with Gasteiger partial charge < -0.3 is 10.6 Å². The Kier molecular flexibility index (Phi) is 3.56. The van der Waals surface area contributed by atoms with Crippen LogP contribution in [0.2, 0.25) is 0 Å². The van der Waals surface area contributed by atoms with Gasteiger partial charge in [0.1, 0.15) is 23.0 Å². The number of anilines is 1. The average Bonchev–Trinajstić information content (AvgIpc) is 2.99. The Balaban J connectivity index is 1.93. The van der Waals surface area contributed by atoms with Gasteiger partial charge in [-0.05, 0) is 38.7 Å². The maximum Gasteiger partial charge on any atom is 0.242 e. The number of fused-ring (bicyclic) bond motifs is 3. The molecule has 3 rings (SSSR count). The second kappa shape index (κ2) is 5.36.